The van der Waals surface area contributed by atoms with Crippen molar-refractivity contribution in [3.8, 4) is 0 Å². The molecule has 146 valence electrons. The Hall–Kier alpha value is -2.41. The second kappa shape index (κ2) is 8.52. The van der Waals surface area contributed by atoms with Crippen molar-refractivity contribution < 1.29 is 17.6 Å². The maximum atomic E-state index is 14.3. The van der Waals surface area contributed by atoms with Gasteiger partial charge in [0, 0.05) is 5.69 Å². The fraction of sp³-hybridized carbons (Fsp3) is 0.350. The maximum Gasteiger partial charge on any atom is 0.248 e. The SMILES string of the molecule is CC[C@@H](C(=O)Nc1ccccc1C(C)C)N(c1ccccc1F)S(C)(=O)=O. The van der Waals surface area contributed by atoms with Crippen LogP contribution in [0.3, 0.4) is 0 Å². The van der Waals surface area contributed by atoms with Gasteiger partial charge in [0.1, 0.15) is 11.9 Å². The van der Waals surface area contributed by atoms with E-state index in [1.165, 1.54) is 24.3 Å². The van der Waals surface area contributed by atoms with E-state index >= 15 is 0 Å². The normalized spacial score (nSPS) is 12.7. The Kier molecular flexibility index (Phi) is 6.59. The highest BCUT2D eigenvalue weighted by Gasteiger charge is 2.33. The zero-order valence-electron chi connectivity index (χ0n) is 15.9. The van der Waals surface area contributed by atoms with Gasteiger partial charge in [-0.15, -0.1) is 0 Å². The number of hydrogen-bond acceptors (Lipinski definition) is 3. The molecule has 0 saturated heterocycles. The van der Waals surface area contributed by atoms with Gasteiger partial charge in [-0.3, -0.25) is 9.10 Å². The van der Waals surface area contributed by atoms with Crippen LogP contribution in [-0.4, -0.2) is 26.6 Å². The summed E-state index contributed by atoms with van der Waals surface area (Å²) in [4.78, 5) is 13.0. The van der Waals surface area contributed by atoms with Gasteiger partial charge in [-0.1, -0.05) is 51.1 Å². The molecule has 1 amide bonds. The van der Waals surface area contributed by atoms with Crippen molar-refractivity contribution in [2.75, 3.05) is 15.9 Å². The van der Waals surface area contributed by atoms with E-state index in [0.717, 1.165) is 16.1 Å². The first kappa shape index (κ1) is 20.9. The molecule has 2 rings (SSSR count). The zero-order valence-corrected chi connectivity index (χ0v) is 16.8. The summed E-state index contributed by atoms with van der Waals surface area (Å²) in [5.74, 6) is -1.02. The number of halogens is 1. The molecule has 0 bridgehead atoms. The Morgan fingerprint density at radius 3 is 2.26 bits per heavy atom. The number of hydrogen-bond donors (Lipinski definition) is 1. The molecular formula is C20H25FN2O3S. The number of rotatable bonds is 7. The number of anilines is 2. The van der Waals surface area contributed by atoms with Crippen molar-refractivity contribution in [1.82, 2.24) is 0 Å². The Morgan fingerprint density at radius 2 is 1.70 bits per heavy atom. The minimum atomic E-state index is -3.88. The summed E-state index contributed by atoms with van der Waals surface area (Å²) in [6.45, 7) is 5.70. The summed E-state index contributed by atoms with van der Waals surface area (Å²) >= 11 is 0. The van der Waals surface area contributed by atoms with Crippen molar-refractivity contribution in [2.24, 2.45) is 0 Å². The molecule has 0 aliphatic carbocycles. The molecule has 0 aliphatic rings. The van der Waals surface area contributed by atoms with Crippen molar-refractivity contribution in [1.29, 1.82) is 0 Å². The van der Waals surface area contributed by atoms with E-state index < -0.39 is 27.8 Å². The predicted octanol–water partition coefficient (Wildman–Crippen LogP) is 4.13. The average Bonchev–Trinajstić information content (AvgIpc) is 2.59. The van der Waals surface area contributed by atoms with Gasteiger partial charge >= 0.3 is 0 Å². The third-order valence-corrected chi connectivity index (χ3v) is 5.43. The second-order valence-electron chi connectivity index (χ2n) is 6.67. The Labute approximate surface area is 160 Å². The highest BCUT2D eigenvalue weighted by Crippen LogP contribution is 2.28. The molecule has 0 aromatic heterocycles. The summed E-state index contributed by atoms with van der Waals surface area (Å²) in [5.41, 5.74) is 1.43. The molecule has 0 unspecified atom stereocenters. The quantitative estimate of drug-likeness (QED) is 0.770. The highest BCUT2D eigenvalue weighted by molar-refractivity contribution is 7.92. The highest BCUT2D eigenvalue weighted by atomic mass is 32.2. The molecule has 7 heteroatoms. The Balaban J connectivity index is 2.44. The molecule has 0 radical (unpaired) electrons. The maximum absolute atomic E-state index is 14.3. The standard InChI is InChI=1S/C20H25FN2O3S/c1-5-18(20(24)22-17-12-8-6-10-15(17)14(2)3)23(27(4,25)26)19-13-9-7-11-16(19)21/h6-14,18H,5H2,1-4H3,(H,22,24)/t18-/m0/s1. The average molecular weight is 392 g/mol. The molecule has 2 aromatic rings. The van der Waals surface area contributed by atoms with Crippen LogP contribution in [0.4, 0.5) is 15.8 Å². The molecule has 1 N–H and O–H groups in total. The molecule has 27 heavy (non-hydrogen) atoms. The predicted molar refractivity (Wildman–Crippen MR) is 107 cm³/mol. The minimum Gasteiger partial charge on any atom is -0.324 e. The molecule has 0 aliphatic heterocycles. The molecule has 0 spiro atoms. The lowest BCUT2D eigenvalue weighted by Gasteiger charge is -2.30. The molecule has 1 atom stereocenters. The van der Waals surface area contributed by atoms with Crippen molar-refractivity contribution in [3.63, 3.8) is 0 Å². The van der Waals surface area contributed by atoms with Crippen molar-refractivity contribution in [3.05, 3.63) is 59.9 Å². The Morgan fingerprint density at radius 1 is 1.11 bits per heavy atom. The summed E-state index contributed by atoms with van der Waals surface area (Å²) in [7, 11) is -3.88. The van der Waals surface area contributed by atoms with Gasteiger partial charge in [-0.05, 0) is 36.1 Å². The molecule has 0 heterocycles. The lowest BCUT2D eigenvalue weighted by molar-refractivity contribution is -0.117. The number of carbonyl (C=O) groups is 1. The van der Waals surface area contributed by atoms with Gasteiger partial charge in [0.25, 0.3) is 0 Å². The zero-order chi connectivity index (χ0) is 20.2. The number of benzene rings is 2. The van der Waals surface area contributed by atoms with E-state index in [-0.39, 0.29) is 18.0 Å². The number of nitrogens with zero attached hydrogens (tertiary/aromatic N) is 1. The van der Waals surface area contributed by atoms with Crippen LogP contribution >= 0.6 is 0 Å². The van der Waals surface area contributed by atoms with E-state index in [9.17, 15) is 17.6 Å². The van der Waals surface area contributed by atoms with Gasteiger partial charge in [-0.25, -0.2) is 12.8 Å². The fourth-order valence-electron chi connectivity index (χ4n) is 3.00. The van der Waals surface area contributed by atoms with Crippen LogP contribution in [0, 0.1) is 5.82 Å². The molecule has 5 nitrogen and oxygen atoms in total. The topological polar surface area (TPSA) is 66.5 Å². The summed E-state index contributed by atoms with van der Waals surface area (Å²) in [6, 6.07) is 11.8. The summed E-state index contributed by atoms with van der Waals surface area (Å²) < 4.78 is 39.9. The van der Waals surface area contributed by atoms with Crippen LogP contribution in [0.5, 0.6) is 0 Å². The van der Waals surface area contributed by atoms with Crippen molar-refractivity contribution in [2.45, 2.75) is 39.2 Å². The third kappa shape index (κ3) is 4.86. The van der Waals surface area contributed by atoms with Crippen molar-refractivity contribution >= 4 is 27.3 Å². The molecule has 0 saturated carbocycles. The lowest BCUT2D eigenvalue weighted by atomic mass is 10.0. The van der Waals surface area contributed by atoms with Crippen LogP contribution in [0.1, 0.15) is 38.7 Å². The van der Waals surface area contributed by atoms with Gasteiger partial charge in [0.15, 0.2) is 0 Å². The second-order valence-corrected chi connectivity index (χ2v) is 8.52. The number of sulfonamides is 1. The van der Waals surface area contributed by atoms with E-state index in [1.54, 1.807) is 19.1 Å². The first-order valence-corrected chi connectivity index (χ1v) is 10.6. The fourth-order valence-corrected chi connectivity index (χ4v) is 4.21. The minimum absolute atomic E-state index is 0.140. The van der Waals surface area contributed by atoms with Crippen LogP contribution in [0.15, 0.2) is 48.5 Å². The van der Waals surface area contributed by atoms with Crippen LogP contribution in [0.2, 0.25) is 0 Å². The first-order valence-electron chi connectivity index (χ1n) is 8.80. The van der Waals surface area contributed by atoms with Gasteiger partial charge in [0.2, 0.25) is 15.9 Å². The summed E-state index contributed by atoms with van der Waals surface area (Å²) in [5, 5.41) is 2.82. The smallest absolute Gasteiger partial charge is 0.248 e. The largest absolute Gasteiger partial charge is 0.324 e. The first-order chi connectivity index (χ1) is 12.7. The number of nitrogens with one attached hydrogen (secondary N) is 1. The monoisotopic (exact) mass is 392 g/mol. The summed E-state index contributed by atoms with van der Waals surface area (Å²) in [6.07, 6.45) is 1.16. The van der Waals surface area contributed by atoms with Crippen LogP contribution in [0.25, 0.3) is 0 Å². The number of carbonyl (C=O) groups excluding carboxylic acids is 1. The van der Waals surface area contributed by atoms with E-state index in [1.807, 2.05) is 26.0 Å². The number of para-hydroxylation sites is 2. The van der Waals surface area contributed by atoms with Crippen LogP contribution in [-0.2, 0) is 14.8 Å². The van der Waals surface area contributed by atoms with E-state index in [4.69, 9.17) is 0 Å². The molecule has 0 fully saturated rings. The van der Waals surface area contributed by atoms with Gasteiger partial charge in [0.05, 0.1) is 11.9 Å². The number of amides is 1. The van der Waals surface area contributed by atoms with E-state index in [0.29, 0.717) is 5.69 Å². The van der Waals surface area contributed by atoms with Gasteiger partial charge in [-0.2, -0.15) is 0 Å². The molecule has 2 aromatic carbocycles. The Bertz CT molecular complexity index is 913. The van der Waals surface area contributed by atoms with Crippen LogP contribution < -0.4 is 9.62 Å². The van der Waals surface area contributed by atoms with Gasteiger partial charge < -0.3 is 5.32 Å². The molecular weight excluding hydrogens is 367 g/mol. The third-order valence-electron chi connectivity index (χ3n) is 4.26. The lowest BCUT2D eigenvalue weighted by Crippen LogP contribution is -2.47. The van der Waals surface area contributed by atoms with E-state index in [2.05, 4.69) is 5.32 Å².